The van der Waals surface area contributed by atoms with Gasteiger partial charge in [0.05, 0.1) is 4.90 Å². The van der Waals surface area contributed by atoms with E-state index in [9.17, 15) is 8.42 Å². The summed E-state index contributed by atoms with van der Waals surface area (Å²) in [6.45, 7) is 2.74. The Morgan fingerprint density at radius 1 is 1.30 bits per heavy atom. The minimum atomic E-state index is -3.58. The summed E-state index contributed by atoms with van der Waals surface area (Å²) < 4.78 is 38.0. The van der Waals surface area contributed by atoms with Crippen LogP contribution in [-0.2, 0) is 10.0 Å². The maximum atomic E-state index is 13.0. The lowest BCUT2D eigenvalue weighted by Gasteiger charge is -2.18. The molecule has 8 nitrogen and oxygen atoms in total. The zero-order chi connectivity index (χ0) is 16.0. The summed E-state index contributed by atoms with van der Waals surface area (Å²) in [5.74, 6) is 1.83. The van der Waals surface area contributed by atoms with Crippen molar-refractivity contribution in [1.29, 1.82) is 0 Å². The molecule has 122 valence electrons. The fourth-order valence-corrected chi connectivity index (χ4v) is 4.75. The highest BCUT2D eigenvalue weighted by molar-refractivity contribution is 7.89. The van der Waals surface area contributed by atoms with Crippen LogP contribution in [0.5, 0.6) is 11.5 Å². The summed E-state index contributed by atoms with van der Waals surface area (Å²) in [4.78, 5) is 4.39. The van der Waals surface area contributed by atoms with E-state index in [1.807, 2.05) is 0 Å². The van der Waals surface area contributed by atoms with E-state index in [1.54, 1.807) is 19.1 Å². The number of benzene rings is 1. The average molecular weight is 336 g/mol. The highest BCUT2D eigenvalue weighted by Crippen LogP contribution is 2.38. The molecule has 0 radical (unpaired) electrons. The van der Waals surface area contributed by atoms with E-state index in [0.717, 1.165) is 12.2 Å². The number of aromatic nitrogens is 3. The number of ether oxygens (including phenoxy) is 2. The molecule has 2 aliphatic heterocycles. The van der Waals surface area contributed by atoms with Gasteiger partial charge >= 0.3 is 0 Å². The van der Waals surface area contributed by atoms with E-state index in [-0.39, 0.29) is 17.6 Å². The topological polar surface area (TPSA) is 97.4 Å². The molecular weight excluding hydrogens is 320 g/mol. The van der Waals surface area contributed by atoms with E-state index in [2.05, 4.69) is 15.2 Å². The van der Waals surface area contributed by atoms with Crippen molar-refractivity contribution in [1.82, 2.24) is 19.5 Å². The molecular formula is C14H16N4O4S. The van der Waals surface area contributed by atoms with Crippen molar-refractivity contribution in [2.75, 3.05) is 19.9 Å². The molecule has 1 N–H and O–H groups in total. The van der Waals surface area contributed by atoms with Crippen LogP contribution in [0.1, 0.15) is 23.7 Å². The van der Waals surface area contributed by atoms with Crippen LogP contribution in [0.2, 0.25) is 0 Å². The summed E-state index contributed by atoms with van der Waals surface area (Å²) in [6.07, 6.45) is 2.16. The Kier molecular flexibility index (Phi) is 3.27. The lowest BCUT2D eigenvalue weighted by molar-refractivity contribution is 0.174. The van der Waals surface area contributed by atoms with Crippen LogP contribution in [0.15, 0.2) is 23.4 Å². The Morgan fingerprint density at radius 3 is 2.83 bits per heavy atom. The van der Waals surface area contributed by atoms with Gasteiger partial charge in [-0.2, -0.15) is 9.40 Å². The number of hydrogen-bond acceptors (Lipinski definition) is 6. The predicted molar refractivity (Wildman–Crippen MR) is 79.8 cm³/mol. The third kappa shape index (κ3) is 2.36. The third-order valence-electron chi connectivity index (χ3n) is 4.26. The quantitative estimate of drug-likeness (QED) is 0.899. The number of H-pyrrole nitrogens is 1. The number of hydrogen-bond donors (Lipinski definition) is 1. The lowest BCUT2D eigenvalue weighted by atomic mass is 10.1. The van der Waals surface area contributed by atoms with E-state index >= 15 is 0 Å². The van der Waals surface area contributed by atoms with E-state index in [4.69, 9.17) is 9.47 Å². The first-order chi connectivity index (χ1) is 11.1. The van der Waals surface area contributed by atoms with E-state index < -0.39 is 10.0 Å². The maximum Gasteiger partial charge on any atom is 0.243 e. The molecule has 0 bridgehead atoms. The fraction of sp³-hybridized carbons (Fsp3) is 0.429. The zero-order valence-corrected chi connectivity index (χ0v) is 13.3. The van der Waals surface area contributed by atoms with Crippen LogP contribution in [-0.4, -0.2) is 47.8 Å². The summed E-state index contributed by atoms with van der Waals surface area (Å²) in [7, 11) is -3.58. The summed E-state index contributed by atoms with van der Waals surface area (Å²) in [5.41, 5.74) is 0.650. The molecule has 2 aliphatic rings. The van der Waals surface area contributed by atoms with Crippen LogP contribution in [0.3, 0.4) is 0 Å². The molecule has 9 heteroatoms. The summed E-state index contributed by atoms with van der Waals surface area (Å²) in [6, 6.07) is 3.26. The molecule has 0 unspecified atom stereocenters. The maximum absolute atomic E-state index is 13.0. The molecule has 2 aromatic rings. The predicted octanol–water partition coefficient (Wildman–Crippen LogP) is 1.02. The van der Waals surface area contributed by atoms with E-state index in [1.165, 1.54) is 10.6 Å². The zero-order valence-electron chi connectivity index (χ0n) is 12.5. The SMILES string of the molecule is Cc1cc2c(cc1S(=O)(=O)N1CC[C@H](c3ncn[nH]3)C1)OCO2. The first-order valence-corrected chi connectivity index (χ1v) is 8.75. The number of rotatable bonds is 3. The Bertz CT molecular complexity index is 835. The number of aromatic amines is 1. The fourth-order valence-electron chi connectivity index (χ4n) is 3.02. The van der Waals surface area contributed by atoms with Crippen LogP contribution < -0.4 is 9.47 Å². The summed E-state index contributed by atoms with van der Waals surface area (Å²) >= 11 is 0. The second-order valence-corrected chi connectivity index (χ2v) is 7.60. The van der Waals surface area contributed by atoms with Crippen LogP contribution >= 0.6 is 0 Å². The minimum Gasteiger partial charge on any atom is -0.454 e. The van der Waals surface area contributed by atoms with Gasteiger partial charge in [-0.25, -0.2) is 13.4 Å². The normalized spacial score (nSPS) is 21.0. The van der Waals surface area contributed by atoms with Gasteiger partial charge in [-0.05, 0) is 25.0 Å². The Balaban J connectivity index is 1.64. The first kappa shape index (κ1) is 14.5. The van der Waals surface area contributed by atoms with Crippen molar-refractivity contribution >= 4 is 10.0 Å². The second kappa shape index (κ2) is 5.20. The molecule has 1 fully saturated rings. The molecule has 0 aliphatic carbocycles. The minimum absolute atomic E-state index is 0.0431. The molecule has 1 aromatic carbocycles. The Hall–Kier alpha value is -2.13. The number of nitrogens with one attached hydrogen (secondary N) is 1. The Morgan fingerprint density at radius 2 is 2.09 bits per heavy atom. The van der Waals surface area contributed by atoms with Crippen molar-refractivity contribution < 1.29 is 17.9 Å². The number of nitrogens with zero attached hydrogens (tertiary/aromatic N) is 3. The van der Waals surface area contributed by atoms with Gasteiger partial charge in [0.2, 0.25) is 16.8 Å². The van der Waals surface area contributed by atoms with Gasteiger partial charge in [0.25, 0.3) is 0 Å². The molecule has 1 atom stereocenters. The average Bonchev–Trinajstić information content (AvgIpc) is 3.26. The monoisotopic (exact) mass is 336 g/mol. The molecule has 0 amide bonds. The van der Waals surface area contributed by atoms with Gasteiger partial charge < -0.3 is 9.47 Å². The van der Waals surface area contributed by atoms with Crippen molar-refractivity contribution in [2.45, 2.75) is 24.2 Å². The van der Waals surface area contributed by atoms with Crippen molar-refractivity contribution in [3.05, 3.63) is 29.8 Å². The van der Waals surface area contributed by atoms with Gasteiger partial charge in [0, 0.05) is 25.1 Å². The van der Waals surface area contributed by atoms with Gasteiger partial charge in [0.15, 0.2) is 11.5 Å². The smallest absolute Gasteiger partial charge is 0.243 e. The molecule has 4 rings (SSSR count). The van der Waals surface area contributed by atoms with Crippen molar-refractivity contribution in [2.24, 2.45) is 0 Å². The molecule has 0 spiro atoms. The third-order valence-corrected chi connectivity index (χ3v) is 6.27. The largest absolute Gasteiger partial charge is 0.454 e. The van der Waals surface area contributed by atoms with Gasteiger partial charge in [-0.1, -0.05) is 0 Å². The molecule has 3 heterocycles. The molecule has 1 saturated heterocycles. The highest BCUT2D eigenvalue weighted by Gasteiger charge is 2.36. The van der Waals surface area contributed by atoms with Crippen LogP contribution in [0.25, 0.3) is 0 Å². The van der Waals surface area contributed by atoms with Crippen LogP contribution in [0.4, 0.5) is 0 Å². The van der Waals surface area contributed by atoms with Crippen molar-refractivity contribution in [3.8, 4) is 11.5 Å². The van der Waals surface area contributed by atoms with Gasteiger partial charge in [0.1, 0.15) is 12.2 Å². The van der Waals surface area contributed by atoms with Crippen LogP contribution in [0, 0.1) is 6.92 Å². The second-order valence-electron chi connectivity index (χ2n) is 5.69. The van der Waals surface area contributed by atoms with E-state index in [0.29, 0.717) is 30.2 Å². The first-order valence-electron chi connectivity index (χ1n) is 7.31. The number of fused-ring (bicyclic) bond motifs is 1. The van der Waals surface area contributed by atoms with Gasteiger partial charge in [-0.15, -0.1) is 0 Å². The number of aryl methyl sites for hydroxylation is 1. The lowest BCUT2D eigenvalue weighted by Crippen LogP contribution is -2.29. The Labute approximate surface area is 133 Å². The molecule has 0 saturated carbocycles. The molecule has 1 aromatic heterocycles. The number of sulfonamides is 1. The summed E-state index contributed by atoms with van der Waals surface area (Å²) in [5, 5.41) is 6.65. The van der Waals surface area contributed by atoms with Crippen molar-refractivity contribution in [3.63, 3.8) is 0 Å². The standard InChI is InChI=1S/C14H16N4O4S/c1-9-4-11-12(22-8-21-11)5-13(9)23(19,20)18-3-2-10(6-18)14-15-7-16-17-14/h4-5,7,10H,2-3,6,8H2,1H3,(H,15,16,17)/t10-/m0/s1. The van der Waals surface area contributed by atoms with Gasteiger partial charge in [-0.3, -0.25) is 5.10 Å². The molecule has 23 heavy (non-hydrogen) atoms. The highest BCUT2D eigenvalue weighted by atomic mass is 32.2.